The van der Waals surface area contributed by atoms with Gasteiger partial charge in [0.15, 0.2) is 9.84 Å². The van der Waals surface area contributed by atoms with Crippen LogP contribution in [-0.4, -0.2) is 19.9 Å². The Balaban J connectivity index is 3.80. The molecule has 0 spiro atoms. The van der Waals surface area contributed by atoms with Crippen LogP contribution in [0.5, 0.6) is 0 Å². The quantitative estimate of drug-likeness (QED) is 0.610. The summed E-state index contributed by atoms with van der Waals surface area (Å²) in [5.41, 5.74) is 0. The third-order valence-corrected chi connectivity index (χ3v) is 2.57. The van der Waals surface area contributed by atoms with Gasteiger partial charge in [-0.2, -0.15) is 5.26 Å². The van der Waals surface area contributed by atoms with E-state index in [-0.39, 0.29) is 11.5 Å². The van der Waals surface area contributed by atoms with Crippen molar-refractivity contribution in [2.45, 2.75) is 19.8 Å². The van der Waals surface area contributed by atoms with Crippen LogP contribution in [0.4, 0.5) is 0 Å². The maximum absolute atomic E-state index is 10.8. The largest absolute Gasteiger partial charge is 0.228 e. The zero-order valence-corrected chi connectivity index (χ0v) is 6.82. The molecule has 0 N–H and O–H groups in total. The van der Waals surface area contributed by atoms with E-state index in [9.17, 15) is 8.42 Å². The predicted molar refractivity (Wildman–Crippen MR) is 39.2 cm³/mol. The number of unbranched alkanes of at least 4 members (excludes halogenated alkanes) is 1. The lowest BCUT2D eigenvalue weighted by Crippen LogP contribution is -2.08. The van der Waals surface area contributed by atoms with Gasteiger partial charge >= 0.3 is 0 Å². The van der Waals surface area contributed by atoms with E-state index in [0.717, 1.165) is 6.42 Å². The topological polar surface area (TPSA) is 57.9 Å². The molecule has 0 aromatic carbocycles. The minimum Gasteiger partial charge on any atom is -0.228 e. The molecule has 0 saturated heterocycles. The number of rotatable bonds is 4. The van der Waals surface area contributed by atoms with Crippen LogP contribution in [0, 0.1) is 11.3 Å². The smallest absolute Gasteiger partial charge is 0.163 e. The van der Waals surface area contributed by atoms with E-state index in [1.54, 1.807) is 6.07 Å². The number of nitriles is 1. The predicted octanol–water partition coefficient (Wildman–Crippen LogP) is 0.725. The molecule has 0 bridgehead atoms. The first-order chi connectivity index (χ1) is 4.62. The highest BCUT2D eigenvalue weighted by Gasteiger charge is 2.07. The van der Waals surface area contributed by atoms with Gasteiger partial charge in [-0.1, -0.05) is 13.3 Å². The van der Waals surface area contributed by atoms with Gasteiger partial charge < -0.3 is 0 Å². The van der Waals surface area contributed by atoms with Crippen molar-refractivity contribution in [1.82, 2.24) is 0 Å². The van der Waals surface area contributed by atoms with Crippen molar-refractivity contribution < 1.29 is 8.42 Å². The summed E-state index contributed by atoms with van der Waals surface area (Å²) in [7, 11) is -3.05. The molecule has 0 saturated carbocycles. The monoisotopic (exact) mass is 161 g/mol. The zero-order valence-electron chi connectivity index (χ0n) is 6.00. The first kappa shape index (κ1) is 9.44. The summed E-state index contributed by atoms with van der Waals surface area (Å²) >= 11 is 0. The van der Waals surface area contributed by atoms with Crippen molar-refractivity contribution in [3.05, 3.63) is 0 Å². The molecule has 0 aliphatic heterocycles. The van der Waals surface area contributed by atoms with Crippen LogP contribution < -0.4 is 0 Å². The fourth-order valence-corrected chi connectivity index (χ4v) is 1.60. The van der Waals surface area contributed by atoms with Crippen molar-refractivity contribution in [2.24, 2.45) is 0 Å². The summed E-state index contributed by atoms with van der Waals surface area (Å²) in [5.74, 6) is -0.190. The van der Waals surface area contributed by atoms with E-state index in [0.29, 0.717) is 6.42 Å². The van der Waals surface area contributed by atoms with E-state index in [1.165, 1.54) is 0 Å². The van der Waals surface area contributed by atoms with Gasteiger partial charge in [-0.15, -0.1) is 0 Å². The molecule has 0 radical (unpaired) electrons. The Hall–Kier alpha value is -0.560. The summed E-state index contributed by atoms with van der Waals surface area (Å²) in [6.07, 6.45) is 1.51. The minimum absolute atomic E-state index is 0.150. The minimum atomic E-state index is -3.05. The van der Waals surface area contributed by atoms with Crippen molar-refractivity contribution >= 4 is 9.84 Å². The molecule has 0 atom stereocenters. The van der Waals surface area contributed by atoms with Crippen LogP contribution >= 0.6 is 0 Å². The first-order valence-electron chi connectivity index (χ1n) is 3.19. The molecule has 0 aliphatic carbocycles. The lowest BCUT2D eigenvalue weighted by molar-refractivity contribution is 0.596. The Morgan fingerprint density at radius 1 is 1.50 bits per heavy atom. The average molecular weight is 161 g/mol. The molecular weight excluding hydrogens is 150 g/mol. The van der Waals surface area contributed by atoms with Crippen LogP contribution in [0.1, 0.15) is 19.8 Å². The lowest BCUT2D eigenvalue weighted by Gasteiger charge is -1.94. The number of sulfone groups is 1. The summed E-state index contributed by atoms with van der Waals surface area (Å²) in [6, 6.07) is 1.63. The SMILES string of the molecule is CCCCS(=O)(=O)CC#N. The number of hydrogen-bond acceptors (Lipinski definition) is 3. The Morgan fingerprint density at radius 2 is 2.10 bits per heavy atom. The Bertz CT molecular complexity index is 212. The molecule has 4 heteroatoms. The second-order valence-electron chi connectivity index (χ2n) is 2.10. The van der Waals surface area contributed by atoms with Gasteiger partial charge in [0, 0.05) is 0 Å². The van der Waals surface area contributed by atoms with Crippen LogP contribution in [0.25, 0.3) is 0 Å². The second kappa shape index (κ2) is 4.29. The normalized spacial score (nSPS) is 10.8. The number of nitrogens with zero attached hydrogens (tertiary/aromatic N) is 1. The van der Waals surface area contributed by atoms with E-state index >= 15 is 0 Å². The van der Waals surface area contributed by atoms with Gasteiger partial charge in [-0.3, -0.25) is 0 Å². The van der Waals surface area contributed by atoms with Gasteiger partial charge in [0.05, 0.1) is 11.8 Å². The van der Waals surface area contributed by atoms with Gasteiger partial charge in [-0.05, 0) is 6.42 Å². The standard InChI is InChI=1S/C6H11NO2S/c1-2-3-5-10(8,9)6-4-7/h2-3,5-6H2,1H3. The second-order valence-corrected chi connectivity index (χ2v) is 4.29. The third-order valence-electron chi connectivity index (χ3n) is 1.09. The molecule has 0 unspecified atom stereocenters. The molecule has 0 rings (SSSR count). The van der Waals surface area contributed by atoms with Crippen molar-refractivity contribution in [3.8, 4) is 6.07 Å². The van der Waals surface area contributed by atoms with E-state index in [1.807, 2.05) is 6.92 Å². The third kappa shape index (κ3) is 4.33. The van der Waals surface area contributed by atoms with Crippen LogP contribution in [0.15, 0.2) is 0 Å². The van der Waals surface area contributed by atoms with Gasteiger partial charge in [0.1, 0.15) is 5.75 Å². The van der Waals surface area contributed by atoms with Crippen molar-refractivity contribution in [3.63, 3.8) is 0 Å². The van der Waals surface area contributed by atoms with Gasteiger partial charge in [0.25, 0.3) is 0 Å². The summed E-state index contributed by atoms with van der Waals surface area (Å²) < 4.78 is 21.5. The van der Waals surface area contributed by atoms with Crippen molar-refractivity contribution in [2.75, 3.05) is 11.5 Å². The highest BCUT2D eigenvalue weighted by atomic mass is 32.2. The summed E-state index contributed by atoms with van der Waals surface area (Å²) in [6.45, 7) is 1.92. The Morgan fingerprint density at radius 3 is 2.50 bits per heavy atom. The maximum Gasteiger partial charge on any atom is 0.163 e. The fraction of sp³-hybridized carbons (Fsp3) is 0.833. The molecule has 3 nitrogen and oxygen atoms in total. The fourth-order valence-electron chi connectivity index (χ4n) is 0.535. The summed E-state index contributed by atoms with van der Waals surface area (Å²) in [4.78, 5) is 0. The van der Waals surface area contributed by atoms with Gasteiger partial charge in [-0.25, -0.2) is 8.42 Å². The number of hydrogen-bond donors (Lipinski definition) is 0. The molecule has 0 aromatic heterocycles. The maximum atomic E-state index is 10.8. The zero-order chi connectivity index (χ0) is 8.04. The highest BCUT2D eigenvalue weighted by Crippen LogP contribution is 1.95. The molecular formula is C6H11NO2S. The molecule has 0 aromatic rings. The molecule has 10 heavy (non-hydrogen) atoms. The molecule has 0 fully saturated rings. The van der Waals surface area contributed by atoms with Crippen LogP contribution in [-0.2, 0) is 9.84 Å². The lowest BCUT2D eigenvalue weighted by atomic mass is 10.4. The molecule has 0 heterocycles. The first-order valence-corrected chi connectivity index (χ1v) is 5.02. The van der Waals surface area contributed by atoms with Crippen LogP contribution in [0.3, 0.4) is 0 Å². The van der Waals surface area contributed by atoms with E-state index < -0.39 is 9.84 Å². The Labute approximate surface area is 61.6 Å². The van der Waals surface area contributed by atoms with E-state index in [2.05, 4.69) is 0 Å². The summed E-state index contributed by atoms with van der Waals surface area (Å²) in [5, 5.41) is 8.07. The molecule has 58 valence electrons. The van der Waals surface area contributed by atoms with Crippen molar-refractivity contribution in [1.29, 1.82) is 5.26 Å². The molecule has 0 amide bonds. The Kier molecular flexibility index (Phi) is 4.05. The van der Waals surface area contributed by atoms with E-state index in [4.69, 9.17) is 5.26 Å². The highest BCUT2D eigenvalue weighted by molar-refractivity contribution is 7.91. The van der Waals surface area contributed by atoms with Crippen LogP contribution in [0.2, 0.25) is 0 Å². The molecule has 0 aliphatic rings. The van der Waals surface area contributed by atoms with Gasteiger partial charge in [0.2, 0.25) is 0 Å². The average Bonchev–Trinajstić information content (AvgIpc) is 1.84.